The minimum absolute atomic E-state index is 0.0713. The number of nitrogens with two attached hydrogens (primary N) is 1. The average Bonchev–Trinajstić information content (AvgIpc) is 3.27. The predicted molar refractivity (Wildman–Crippen MR) is 168 cm³/mol. The van der Waals surface area contributed by atoms with E-state index < -0.39 is 6.03 Å². The number of amides is 2. The van der Waals surface area contributed by atoms with E-state index in [4.69, 9.17) is 14.9 Å². The van der Waals surface area contributed by atoms with Crippen molar-refractivity contribution in [3.05, 3.63) is 91.7 Å². The number of furan rings is 1. The first kappa shape index (κ1) is 28.9. The first-order valence-corrected chi connectivity index (χ1v) is 18.9. The van der Waals surface area contributed by atoms with Gasteiger partial charge in [0.25, 0.3) is 0 Å². The van der Waals surface area contributed by atoms with Crippen LogP contribution >= 0.6 is 67.8 Å². The monoisotopic (exact) mass is 947 g/mol. The number of benzene rings is 3. The van der Waals surface area contributed by atoms with Crippen LogP contribution in [-0.4, -0.2) is 16.7 Å². The number of ketones is 1. The van der Waals surface area contributed by atoms with Gasteiger partial charge in [-0.15, -0.1) is 0 Å². The van der Waals surface area contributed by atoms with Crippen LogP contribution in [0.25, 0.3) is 11.0 Å². The Labute approximate surface area is 266 Å². The van der Waals surface area contributed by atoms with E-state index in [1.165, 1.54) is 14.7 Å². The molecule has 37 heavy (non-hydrogen) atoms. The van der Waals surface area contributed by atoms with Gasteiger partial charge in [0.05, 0.1) is 0 Å². The summed E-state index contributed by atoms with van der Waals surface area (Å²) in [7, 11) is 0. The second-order valence-corrected chi connectivity index (χ2v) is 12.5. The molecule has 0 bridgehead atoms. The molecule has 0 aliphatic heterocycles. The van der Waals surface area contributed by atoms with Gasteiger partial charge in [0.15, 0.2) is 0 Å². The van der Waals surface area contributed by atoms with Crippen molar-refractivity contribution in [2.45, 2.75) is 19.9 Å². The van der Waals surface area contributed by atoms with E-state index in [0.29, 0.717) is 33.3 Å². The SMILES string of the molecule is C[I-]c1cc(C(=O)c2oc3cc(OCc4ccccc4)ccc3c2NC(N)=O)c(CI)c(CI)c1CI. The van der Waals surface area contributed by atoms with Crippen LogP contribution in [0.5, 0.6) is 5.75 Å². The van der Waals surface area contributed by atoms with Gasteiger partial charge in [-0.3, -0.25) is 0 Å². The number of hydrogen-bond donors (Lipinski definition) is 2. The zero-order chi connectivity index (χ0) is 26.5. The van der Waals surface area contributed by atoms with Crippen LogP contribution in [0.4, 0.5) is 10.5 Å². The Kier molecular flexibility index (Phi) is 10.4. The number of carbonyl (C=O) groups excluding carboxylic acids is 2. The molecule has 3 aromatic carbocycles. The van der Waals surface area contributed by atoms with Crippen molar-refractivity contribution in [3.63, 3.8) is 0 Å². The summed E-state index contributed by atoms with van der Waals surface area (Å²) in [5.74, 6) is 0.407. The van der Waals surface area contributed by atoms with Gasteiger partial charge in [0.2, 0.25) is 0 Å². The van der Waals surface area contributed by atoms with Crippen molar-refractivity contribution < 1.29 is 39.9 Å². The van der Waals surface area contributed by atoms with Gasteiger partial charge in [-0.2, -0.15) is 0 Å². The molecule has 4 rings (SSSR count). The number of anilines is 1. The summed E-state index contributed by atoms with van der Waals surface area (Å²) in [5.41, 5.74) is 11.5. The summed E-state index contributed by atoms with van der Waals surface area (Å²) in [5, 5.41) is 3.22. The van der Waals surface area contributed by atoms with Gasteiger partial charge in [-0.25, -0.2) is 0 Å². The van der Waals surface area contributed by atoms with Crippen molar-refractivity contribution in [3.8, 4) is 5.75 Å². The zero-order valence-corrected chi connectivity index (χ0v) is 28.4. The van der Waals surface area contributed by atoms with Crippen molar-refractivity contribution in [1.29, 1.82) is 0 Å². The first-order chi connectivity index (χ1) is 17.9. The van der Waals surface area contributed by atoms with Crippen molar-refractivity contribution in [2.24, 2.45) is 5.73 Å². The van der Waals surface area contributed by atoms with Crippen LogP contribution in [0.15, 0.2) is 59.0 Å². The predicted octanol–water partition coefficient (Wildman–Crippen LogP) is 4.43. The number of halogens is 4. The summed E-state index contributed by atoms with van der Waals surface area (Å²) in [6.07, 6.45) is 0. The molecule has 3 N–H and O–H groups in total. The summed E-state index contributed by atoms with van der Waals surface area (Å²) >= 11 is 6.84. The Bertz CT molecular complexity index is 1450. The molecule has 194 valence electrons. The maximum atomic E-state index is 14.0. The third-order valence-electron chi connectivity index (χ3n) is 5.83. The topological polar surface area (TPSA) is 94.6 Å². The second kappa shape index (κ2) is 13.3. The third-order valence-corrected chi connectivity index (χ3v) is 10.2. The van der Waals surface area contributed by atoms with E-state index in [0.717, 1.165) is 20.0 Å². The molecule has 0 unspecified atom stereocenters. The van der Waals surface area contributed by atoms with E-state index >= 15 is 0 Å². The Hall–Kier alpha value is -1.14. The van der Waals surface area contributed by atoms with E-state index in [9.17, 15) is 9.59 Å². The molecule has 1 heterocycles. The third kappa shape index (κ3) is 6.37. The standard InChI is InChI=1S/C27H23I4N2O4/c1-31-22-10-18(19(11-28)20(12-29)21(22)13-30)25(34)26-24(33-27(32)35)17-8-7-16(9-23(17)37-26)36-14-15-5-3-2-4-6-15/h2-10H,11-14H2,1H3,(H3,32,33,35)/q-1. The van der Waals surface area contributed by atoms with Crippen molar-refractivity contribution in [1.82, 2.24) is 0 Å². The van der Waals surface area contributed by atoms with Gasteiger partial charge in [0, 0.05) is 0 Å². The molecule has 0 aliphatic carbocycles. The summed E-state index contributed by atoms with van der Waals surface area (Å²) < 4.78 is 15.7. The molecule has 0 atom stereocenters. The Morgan fingerprint density at radius 1 is 0.973 bits per heavy atom. The molecule has 1 aromatic heterocycles. The van der Waals surface area contributed by atoms with Crippen LogP contribution in [0.3, 0.4) is 0 Å². The fraction of sp³-hybridized carbons (Fsp3) is 0.185. The first-order valence-electron chi connectivity index (χ1n) is 11.1. The molecule has 0 aliphatic rings. The molecular formula is C27H23I4N2O4-. The van der Waals surface area contributed by atoms with Gasteiger partial charge in [-0.1, -0.05) is 30.3 Å². The van der Waals surface area contributed by atoms with Gasteiger partial charge in [-0.05, 0) is 0 Å². The summed E-state index contributed by atoms with van der Waals surface area (Å²) in [6, 6.07) is 16.4. The molecule has 4 aromatic rings. The van der Waals surface area contributed by atoms with Crippen LogP contribution in [0.2, 0.25) is 0 Å². The number of fused-ring (bicyclic) bond motifs is 1. The number of rotatable bonds is 10. The number of hydrogen-bond acceptors (Lipinski definition) is 4. The molecule has 2 amide bonds. The fourth-order valence-electron chi connectivity index (χ4n) is 4.06. The van der Waals surface area contributed by atoms with Crippen LogP contribution < -0.4 is 37.0 Å². The van der Waals surface area contributed by atoms with Crippen LogP contribution in [-0.2, 0) is 19.9 Å². The maximum absolute atomic E-state index is 14.0. The Morgan fingerprint density at radius 2 is 1.68 bits per heavy atom. The normalized spacial score (nSPS) is 11.1. The molecular weight excluding hydrogens is 924 g/mol. The van der Waals surface area contributed by atoms with Crippen LogP contribution in [0.1, 0.15) is 38.4 Å². The molecule has 0 spiro atoms. The fourth-order valence-corrected chi connectivity index (χ4v) is 9.24. The van der Waals surface area contributed by atoms with Gasteiger partial charge >= 0.3 is 239 Å². The van der Waals surface area contributed by atoms with Gasteiger partial charge in [0.1, 0.15) is 0 Å². The van der Waals surface area contributed by atoms with E-state index in [-0.39, 0.29) is 38.4 Å². The number of nitrogens with one attached hydrogen (secondary N) is 1. The van der Waals surface area contributed by atoms with Crippen molar-refractivity contribution in [2.75, 3.05) is 10.2 Å². The molecule has 0 saturated carbocycles. The number of primary amides is 1. The van der Waals surface area contributed by atoms with E-state index in [1.807, 2.05) is 36.4 Å². The zero-order valence-electron chi connectivity index (χ0n) is 19.7. The Morgan fingerprint density at radius 3 is 2.30 bits per heavy atom. The number of alkyl halides is 4. The van der Waals surface area contributed by atoms with Crippen molar-refractivity contribution >= 4 is 96.2 Å². The molecule has 10 heteroatoms. The molecule has 0 radical (unpaired) electrons. The second-order valence-electron chi connectivity index (χ2n) is 7.99. The average molecular weight is 947 g/mol. The Balaban J connectivity index is 1.80. The molecule has 0 fully saturated rings. The van der Waals surface area contributed by atoms with E-state index in [2.05, 4.69) is 78.0 Å². The number of carbonyl (C=O) groups is 2. The van der Waals surface area contributed by atoms with E-state index in [1.54, 1.807) is 18.2 Å². The van der Waals surface area contributed by atoms with Crippen LogP contribution in [0, 0.1) is 3.57 Å². The molecule has 0 saturated heterocycles. The minimum atomic E-state index is -0.761. The van der Waals surface area contributed by atoms with Gasteiger partial charge < -0.3 is 0 Å². The summed E-state index contributed by atoms with van der Waals surface area (Å²) in [6.45, 7) is 0.398. The quantitative estimate of drug-likeness (QED) is 0.140. The number of ether oxygens (including phenoxy) is 1. The molecule has 6 nitrogen and oxygen atoms in total. The summed E-state index contributed by atoms with van der Waals surface area (Å²) in [4.78, 5) is 28.1. The number of urea groups is 1.